The fraction of sp³-hybridized carbons (Fsp3) is 0.720. The van der Waals surface area contributed by atoms with E-state index < -0.39 is 17.6 Å². The Labute approximate surface area is 170 Å². The maximum absolute atomic E-state index is 11.8. The molecule has 3 aliphatic rings. The molecule has 0 radical (unpaired) electrons. The molecule has 0 bridgehead atoms. The molecule has 0 unspecified atom stereocenters. The van der Waals surface area contributed by atoms with E-state index in [1.165, 1.54) is 5.57 Å². The zero-order valence-corrected chi connectivity index (χ0v) is 18.2. The lowest BCUT2D eigenvalue weighted by Gasteiger charge is -2.46. The summed E-state index contributed by atoms with van der Waals surface area (Å²) in [5.74, 6) is 1.03. The van der Waals surface area contributed by atoms with Gasteiger partial charge in [0, 0.05) is 5.92 Å². The molecule has 2 N–H and O–H groups in total. The fourth-order valence-corrected chi connectivity index (χ4v) is 6.57. The molecule has 0 aromatic carbocycles. The van der Waals surface area contributed by atoms with Crippen molar-refractivity contribution in [3.8, 4) is 0 Å². The van der Waals surface area contributed by atoms with Gasteiger partial charge in [-0.3, -0.25) is 4.79 Å². The zero-order valence-electron chi connectivity index (χ0n) is 18.2. The number of fused-ring (bicyclic) bond motifs is 2. The Morgan fingerprint density at radius 1 is 1.36 bits per heavy atom. The predicted molar refractivity (Wildman–Crippen MR) is 114 cm³/mol. The minimum absolute atomic E-state index is 0.000427. The molecule has 0 aromatic rings. The van der Waals surface area contributed by atoms with Crippen molar-refractivity contribution in [2.45, 2.75) is 78.4 Å². The Bertz CT molecular complexity index is 686. The quantitative estimate of drug-likeness (QED) is 0.537. The van der Waals surface area contributed by atoms with Crippen LogP contribution in [-0.4, -0.2) is 28.2 Å². The molecule has 0 heterocycles. The molecule has 0 aliphatic heterocycles. The van der Waals surface area contributed by atoms with E-state index in [4.69, 9.17) is 0 Å². The highest BCUT2D eigenvalue weighted by molar-refractivity contribution is 5.75. The summed E-state index contributed by atoms with van der Waals surface area (Å²) < 4.78 is 0. The first-order chi connectivity index (χ1) is 13.1. The molecule has 3 aliphatic carbocycles. The molecular weight excluding hydrogens is 348 g/mol. The summed E-state index contributed by atoms with van der Waals surface area (Å²) in [7, 11) is 0. The van der Waals surface area contributed by atoms with E-state index in [0.29, 0.717) is 36.2 Å². The van der Waals surface area contributed by atoms with Crippen molar-refractivity contribution in [3.05, 3.63) is 35.5 Å². The normalized spacial score (nSPS) is 44.2. The van der Waals surface area contributed by atoms with E-state index in [0.717, 1.165) is 25.5 Å². The summed E-state index contributed by atoms with van der Waals surface area (Å²) in [5, 5.41) is 22.3. The first kappa shape index (κ1) is 21.5. The SMILES string of the molecule is CC(C)=C/C=C\[C@H](C)[C@H]1CC[C@]2(C)C[C@@]3(O)[C@H](C)C[C@@H](O)[C@@H]3C(C=O)=CC[C@@H]12. The molecule has 28 heavy (non-hydrogen) atoms. The van der Waals surface area contributed by atoms with Gasteiger partial charge >= 0.3 is 0 Å². The van der Waals surface area contributed by atoms with Crippen molar-refractivity contribution in [2.75, 3.05) is 0 Å². The highest BCUT2D eigenvalue weighted by Crippen LogP contribution is 2.60. The van der Waals surface area contributed by atoms with Crippen LogP contribution in [0.15, 0.2) is 35.5 Å². The standard InChI is InChI=1S/C25H38O3/c1-16(2)7-6-8-17(3)20-11-12-24(5)15-25(28)18(4)13-22(27)23(25)19(14-26)9-10-21(20)24/h6-9,14,17-18,20-23,27-28H,10-13,15H2,1-5H3/b8-6-,19-9?/t17-,18+,20+,21-,22+,23-,24+,25+/m0/s1. The zero-order chi connectivity index (χ0) is 20.7. The molecular formula is C25H38O3. The van der Waals surface area contributed by atoms with E-state index in [1.807, 2.05) is 13.0 Å². The lowest BCUT2D eigenvalue weighted by Crippen LogP contribution is -2.48. The molecule has 8 atom stereocenters. The minimum atomic E-state index is -0.990. The molecule has 0 spiro atoms. The highest BCUT2D eigenvalue weighted by Gasteiger charge is 2.59. The molecule has 0 saturated heterocycles. The van der Waals surface area contributed by atoms with Crippen LogP contribution < -0.4 is 0 Å². The smallest absolute Gasteiger partial charge is 0.146 e. The van der Waals surface area contributed by atoms with E-state index in [-0.39, 0.29) is 11.3 Å². The van der Waals surface area contributed by atoms with Crippen molar-refractivity contribution in [1.82, 2.24) is 0 Å². The Kier molecular flexibility index (Phi) is 6.08. The number of aliphatic hydroxyl groups excluding tert-OH is 1. The van der Waals surface area contributed by atoms with E-state index in [9.17, 15) is 15.0 Å². The number of hydrogen-bond donors (Lipinski definition) is 2. The van der Waals surface area contributed by atoms with Crippen molar-refractivity contribution >= 4 is 6.29 Å². The number of allylic oxidation sites excluding steroid dienone is 5. The van der Waals surface area contributed by atoms with Crippen LogP contribution in [0, 0.1) is 35.0 Å². The average Bonchev–Trinajstić information content (AvgIpc) is 3.01. The van der Waals surface area contributed by atoms with Gasteiger partial charge in [0.25, 0.3) is 0 Å². The monoisotopic (exact) mass is 386 g/mol. The number of carbonyl (C=O) groups excluding carboxylic acids is 1. The van der Waals surface area contributed by atoms with Gasteiger partial charge in [0.1, 0.15) is 6.29 Å². The fourth-order valence-electron chi connectivity index (χ4n) is 6.57. The predicted octanol–water partition coefficient (Wildman–Crippen LogP) is 4.84. The Morgan fingerprint density at radius 2 is 2.07 bits per heavy atom. The Balaban J connectivity index is 1.94. The maximum atomic E-state index is 11.8. The summed E-state index contributed by atoms with van der Waals surface area (Å²) in [6.45, 7) is 10.9. The Morgan fingerprint density at radius 3 is 2.71 bits per heavy atom. The van der Waals surface area contributed by atoms with Crippen LogP contribution in [0.25, 0.3) is 0 Å². The second kappa shape index (κ2) is 7.91. The van der Waals surface area contributed by atoms with Crippen molar-refractivity contribution < 1.29 is 15.0 Å². The van der Waals surface area contributed by atoms with Crippen molar-refractivity contribution in [1.29, 1.82) is 0 Å². The maximum Gasteiger partial charge on any atom is 0.146 e. The summed E-state index contributed by atoms with van der Waals surface area (Å²) >= 11 is 0. The van der Waals surface area contributed by atoms with E-state index in [2.05, 4.69) is 45.9 Å². The van der Waals surface area contributed by atoms with Gasteiger partial charge in [-0.2, -0.15) is 0 Å². The molecule has 0 aromatic heterocycles. The molecule has 3 heteroatoms. The third-order valence-electron chi connectivity index (χ3n) is 8.14. The number of carbonyl (C=O) groups is 1. The lowest BCUT2D eigenvalue weighted by molar-refractivity contribution is -0.110. The molecule has 3 rings (SSSR count). The summed E-state index contributed by atoms with van der Waals surface area (Å²) in [6.07, 6.45) is 13.3. The summed E-state index contributed by atoms with van der Waals surface area (Å²) in [5.41, 5.74) is 0.959. The number of hydrogen-bond acceptors (Lipinski definition) is 3. The van der Waals surface area contributed by atoms with Crippen LogP contribution in [-0.2, 0) is 4.79 Å². The number of rotatable bonds is 4. The summed E-state index contributed by atoms with van der Waals surface area (Å²) in [4.78, 5) is 11.8. The van der Waals surface area contributed by atoms with Crippen LogP contribution >= 0.6 is 0 Å². The van der Waals surface area contributed by atoms with Crippen molar-refractivity contribution in [3.63, 3.8) is 0 Å². The van der Waals surface area contributed by atoms with Gasteiger partial charge in [-0.25, -0.2) is 0 Å². The van der Waals surface area contributed by atoms with Crippen LogP contribution in [0.1, 0.15) is 66.7 Å². The number of aliphatic hydroxyl groups is 2. The van der Waals surface area contributed by atoms with Crippen molar-refractivity contribution in [2.24, 2.45) is 35.0 Å². The van der Waals surface area contributed by atoms with E-state index in [1.54, 1.807) is 0 Å². The second-order valence-electron chi connectivity index (χ2n) is 10.4. The van der Waals surface area contributed by atoms with Crippen LogP contribution in [0.3, 0.4) is 0 Å². The molecule has 2 saturated carbocycles. The van der Waals surface area contributed by atoms with E-state index >= 15 is 0 Å². The third-order valence-corrected chi connectivity index (χ3v) is 8.14. The minimum Gasteiger partial charge on any atom is -0.392 e. The second-order valence-corrected chi connectivity index (χ2v) is 10.4. The first-order valence-corrected chi connectivity index (χ1v) is 11.0. The third kappa shape index (κ3) is 3.68. The van der Waals surface area contributed by atoms with Crippen LogP contribution in [0.5, 0.6) is 0 Å². The highest BCUT2D eigenvalue weighted by atomic mass is 16.3. The van der Waals surface area contributed by atoms with Gasteiger partial charge in [-0.1, -0.05) is 50.6 Å². The Hall–Kier alpha value is -1.19. The first-order valence-electron chi connectivity index (χ1n) is 11.0. The van der Waals surface area contributed by atoms with Gasteiger partial charge in [0.15, 0.2) is 0 Å². The van der Waals surface area contributed by atoms with Gasteiger partial charge in [-0.15, -0.1) is 0 Å². The topological polar surface area (TPSA) is 57.5 Å². The molecule has 2 fully saturated rings. The van der Waals surface area contributed by atoms with Crippen LogP contribution in [0.4, 0.5) is 0 Å². The van der Waals surface area contributed by atoms with Crippen LogP contribution in [0.2, 0.25) is 0 Å². The lowest BCUT2D eigenvalue weighted by atomic mass is 9.61. The molecule has 0 amide bonds. The van der Waals surface area contributed by atoms with Gasteiger partial charge in [0.2, 0.25) is 0 Å². The van der Waals surface area contributed by atoms with Gasteiger partial charge in [0.05, 0.1) is 11.7 Å². The van der Waals surface area contributed by atoms with Gasteiger partial charge in [-0.05, 0) is 80.6 Å². The largest absolute Gasteiger partial charge is 0.392 e. The molecule has 3 nitrogen and oxygen atoms in total. The summed E-state index contributed by atoms with van der Waals surface area (Å²) in [6, 6.07) is 0. The average molecular weight is 387 g/mol. The molecule has 156 valence electrons. The number of aldehydes is 1. The van der Waals surface area contributed by atoms with Gasteiger partial charge < -0.3 is 10.2 Å².